The predicted octanol–water partition coefficient (Wildman–Crippen LogP) is 4.27. The molecule has 7 heteroatoms. The second-order valence-corrected chi connectivity index (χ2v) is 7.27. The number of sulfonamides is 1. The molecule has 0 fully saturated rings. The minimum atomic E-state index is -3.67. The van der Waals surface area contributed by atoms with Crippen LogP contribution in [0.3, 0.4) is 0 Å². The van der Waals surface area contributed by atoms with Crippen molar-refractivity contribution in [1.82, 2.24) is 0 Å². The van der Waals surface area contributed by atoms with Crippen LogP contribution in [0.25, 0.3) is 6.08 Å². The van der Waals surface area contributed by atoms with Gasteiger partial charge >= 0.3 is 5.97 Å². The highest BCUT2D eigenvalue weighted by Gasteiger charge is 2.13. The Morgan fingerprint density at radius 3 is 2.35 bits per heavy atom. The molecule has 5 nitrogen and oxygen atoms in total. The van der Waals surface area contributed by atoms with Crippen molar-refractivity contribution in [3.8, 4) is 0 Å². The van der Waals surface area contributed by atoms with Crippen molar-refractivity contribution in [3.05, 3.63) is 77.3 Å². The number of hydrogen-bond donors (Lipinski definition) is 1. The smallest absolute Gasteiger partial charge is 0.330 e. The van der Waals surface area contributed by atoms with Gasteiger partial charge in [-0.25, -0.2) is 13.2 Å². The highest BCUT2D eigenvalue weighted by atomic mass is 35.5. The Labute approximate surface area is 158 Å². The van der Waals surface area contributed by atoms with Gasteiger partial charge in [-0.15, -0.1) is 0 Å². The molecule has 0 amide bonds. The van der Waals surface area contributed by atoms with Crippen molar-refractivity contribution in [1.29, 1.82) is 0 Å². The summed E-state index contributed by atoms with van der Waals surface area (Å²) in [6, 6.07) is 12.8. The lowest BCUT2D eigenvalue weighted by Gasteiger charge is -2.08. The van der Waals surface area contributed by atoms with Crippen LogP contribution >= 0.6 is 11.6 Å². The first-order valence-corrected chi connectivity index (χ1v) is 9.67. The third-order valence-corrected chi connectivity index (χ3v) is 4.85. The van der Waals surface area contributed by atoms with Crippen LogP contribution in [0.15, 0.2) is 71.7 Å². The summed E-state index contributed by atoms with van der Waals surface area (Å²) in [6.45, 7) is 2.07. The molecule has 0 radical (unpaired) electrons. The van der Waals surface area contributed by atoms with E-state index >= 15 is 0 Å². The Morgan fingerprint density at radius 1 is 1.08 bits per heavy atom. The first-order valence-electron chi connectivity index (χ1n) is 7.80. The van der Waals surface area contributed by atoms with Crippen molar-refractivity contribution in [2.24, 2.45) is 0 Å². The first kappa shape index (κ1) is 19.8. The summed E-state index contributed by atoms with van der Waals surface area (Å²) in [5.74, 6) is -0.399. The molecule has 0 bridgehead atoms. The van der Waals surface area contributed by atoms with Crippen molar-refractivity contribution in [3.63, 3.8) is 0 Å². The van der Waals surface area contributed by atoms with Gasteiger partial charge in [0.15, 0.2) is 0 Å². The van der Waals surface area contributed by atoms with E-state index in [1.165, 1.54) is 30.3 Å². The molecule has 2 rings (SSSR count). The Kier molecular flexibility index (Phi) is 7.00. The van der Waals surface area contributed by atoms with E-state index in [1.54, 1.807) is 49.4 Å². The average Bonchev–Trinajstić information content (AvgIpc) is 2.60. The molecule has 1 N–H and O–H groups in total. The van der Waals surface area contributed by atoms with E-state index in [-0.39, 0.29) is 4.90 Å². The number of hydrogen-bond acceptors (Lipinski definition) is 4. The largest absolute Gasteiger partial charge is 0.463 e. The van der Waals surface area contributed by atoms with E-state index in [9.17, 15) is 13.2 Å². The molecule has 0 saturated carbocycles. The van der Waals surface area contributed by atoms with Crippen LogP contribution in [0.1, 0.15) is 12.5 Å². The normalized spacial score (nSPS) is 11.8. The summed E-state index contributed by atoms with van der Waals surface area (Å²) in [4.78, 5) is 11.3. The van der Waals surface area contributed by atoms with Crippen molar-refractivity contribution in [2.75, 3.05) is 11.3 Å². The Morgan fingerprint density at radius 2 is 1.73 bits per heavy atom. The van der Waals surface area contributed by atoms with Crippen molar-refractivity contribution in [2.45, 2.75) is 11.8 Å². The molecule has 0 heterocycles. The predicted molar refractivity (Wildman–Crippen MR) is 104 cm³/mol. The molecule has 2 aromatic carbocycles. The molecule has 0 unspecified atom stereocenters. The van der Waals surface area contributed by atoms with E-state index in [0.29, 0.717) is 17.3 Å². The standard InChI is InChI=1S/C19H18ClNO4S/c1-2-25-19(22)6-4-3-5-15-7-11-17(12-8-15)21-26(23,24)18-13-9-16(20)10-14-18/h3-14,21H,2H2,1H3. The third kappa shape index (κ3) is 6.06. The first-order chi connectivity index (χ1) is 12.4. The van der Waals surface area contributed by atoms with Gasteiger partial charge in [-0.3, -0.25) is 4.72 Å². The minimum Gasteiger partial charge on any atom is -0.463 e. The van der Waals surface area contributed by atoms with Gasteiger partial charge in [0.05, 0.1) is 11.5 Å². The fourth-order valence-corrected chi connectivity index (χ4v) is 3.17. The highest BCUT2D eigenvalue weighted by Crippen LogP contribution is 2.19. The molecule has 0 aliphatic carbocycles. The zero-order chi connectivity index (χ0) is 19.0. The molecular weight excluding hydrogens is 374 g/mol. The van der Waals surface area contributed by atoms with Crippen molar-refractivity contribution >= 4 is 39.4 Å². The molecule has 0 spiro atoms. The topological polar surface area (TPSA) is 72.5 Å². The summed E-state index contributed by atoms with van der Waals surface area (Å²) in [7, 11) is -3.67. The zero-order valence-electron chi connectivity index (χ0n) is 14.1. The number of rotatable bonds is 7. The van der Waals surface area contributed by atoms with Crippen LogP contribution in [0.2, 0.25) is 5.02 Å². The van der Waals surface area contributed by atoms with Crippen LogP contribution in [0.4, 0.5) is 5.69 Å². The lowest BCUT2D eigenvalue weighted by molar-refractivity contribution is -0.137. The molecular formula is C19H18ClNO4S. The van der Waals surface area contributed by atoms with Gasteiger partial charge in [0.25, 0.3) is 10.0 Å². The maximum Gasteiger partial charge on any atom is 0.330 e. The lowest BCUT2D eigenvalue weighted by atomic mass is 10.2. The van der Waals surface area contributed by atoms with E-state index in [1.807, 2.05) is 0 Å². The second kappa shape index (κ2) is 9.22. The average molecular weight is 392 g/mol. The monoisotopic (exact) mass is 391 g/mol. The zero-order valence-corrected chi connectivity index (χ0v) is 15.6. The molecule has 136 valence electrons. The number of anilines is 1. The van der Waals surface area contributed by atoms with Gasteiger partial charge in [-0.1, -0.05) is 42.0 Å². The van der Waals surface area contributed by atoms with Gasteiger partial charge in [0, 0.05) is 16.8 Å². The summed E-state index contributed by atoms with van der Waals surface area (Å²) >= 11 is 5.77. The van der Waals surface area contributed by atoms with Crippen LogP contribution in [0, 0.1) is 0 Å². The number of halogens is 1. The van der Waals surface area contributed by atoms with Gasteiger partial charge in [-0.05, 0) is 48.9 Å². The van der Waals surface area contributed by atoms with Crippen molar-refractivity contribution < 1.29 is 17.9 Å². The molecule has 0 aliphatic heterocycles. The number of carbonyl (C=O) groups excluding carboxylic acids is 1. The summed E-state index contributed by atoms with van der Waals surface area (Å²) in [6.07, 6.45) is 6.39. The SMILES string of the molecule is CCOC(=O)C=CC=Cc1ccc(NS(=O)(=O)c2ccc(Cl)cc2)cc1. The van der Waals surface area contributed by atoms with Crippen LogP contribution in [0.5, 0.6) is 0 Å². The summed E-state index contributed by atoms with van der Waals surface area (Å²) in [5.41, 5.74) is 1.30. The van der Waals surface area contributed by atoms with Crippen LogP contribution < -0.4 is 4.72 Å². The minimum absolute atomic E-state index is 0.134. The molecule has 26 heavy (non-hydrogen) atoms. The Hall–Kier alpha value is -2.57. The van der Waals surface area contributed by atoms with E-state index in [0.717, 1.165) is 5.56 Å². The maximum atomic E-state index is 12.3. The van der Waals surface area contributed by atoms with Gasteiger partial charge < -0.3 is 4.74 Å². The Balaban J connectivity index is 2.01. The summed E-state index contributed by atoms with van der Waals surface area (Å²) in [5, 5.41) is 0.470. The molecule has 2 aromatic rings. The highest BCUT2D eigenvalue weighted by molar-refractivity contribution is 7.92. The summed E-state index contributed by atoms with van der Waals surface area (Å²) < 4.78 is 31.9. The number of ether oxygens (including phenoxy) is 1. The third-order valence-electron chi connectivity index (χ3n) is 3.21. The van der Waals surface area contributed by atoms with Crippen LogP contribution in [-0.2, 0) is 19.6 Å². The van der Waals surface area contributed by atoms with Gasteiger partial charge in [0.1, 0.15) is 0 Å². The second-order valence-electron chi connectivity index (χ2n) is 5.15. The number of nitrogens with one attached hydrogen (secondary N) is 1. The number of esters is 1. The van der Waals surface area contributed by atoms with Gasteiger partial charge in [0.2, 0.25) is 0 Å². The molecule has 0 aliphatic rings. The van der Waals surface area contributed by atoms with Crippen LogP contribution in [-0.4, -0.2) is 21.0 Å². The number of benzene rings is 2. The van der Waals surface area contributed by atoms with E-state index in [2.05, 4.69) is 4.72 Å². The van der Waals surface area contributed by atoms with Gasteiger partial charge in [-0.2, -0.15) is 0 Å². The molecule has 0 aromatic heterocycles. The maximum absolute atomic E-state index is 12.3. The quantitative estimate of drug-likeness (QED) is 0.434. The lowest BCUT2D eigenvalue weighted by Crippen LogP contribution is -2.12. The number of allylic oxidation sites excluding steroid dienone is 2. The molecule has 0 saturated heterocycles. The number of carbonyl (C=O) groups is 1. The Bertz CT molecular complexity index is 902. The van der Waals surface area contributed by atoms with E-state index in [4.69, 9.17) is 16.3 Å². The fraction of sp³-hybridized carbons (Fsp3) is 0.105. The molecule has 0 atom stereocenters. The van der Waals surface area contributed by atoms with E-state index < -0.39 is 16.0 Å². The fourth-order valence-electron chi connectivity index (χ4n) is 1.98.